The number of hydrogen-bond donors (Lipinski definition) is 1. The highest BCUT2D eigenvalue weighted by Gasteiger charge is 2.37. The summed E-state index contributed by atoms with van der Waals surface area (Å²) in [6, 6.07) is 8.63. The molecule has 0 aromatic heterocycles. The summed E-state index contributed by atoms with van der Waals surface area (Å²) in [5.74, 6) is -0.332. The Morgan fingerprint density at radius 2 is 2.04 bits per heavy atom. The van der Waals surface area contributed by atoms with Crippen LogP contribution in [0, 0.1) is 0 Å². The number of carbonyl (C=O) groups excluding carboxylic acids is 2. The van der Waals surface area contributed by atoms with Crippen LogP contribution in [0.3, 0.4) is 0 Å². The molecule has 0 bridgehead atoms. The van der Waals surface area contributed by atoms with E-state index in [-0.39, 0.29) is 17.7 Å². The Bertz CT molecular complexity index is 911. The maximum Gasteiger partial charge on any atom is 0.257 e. The standard InChI is InChI=1S/C19H16Cl2N2O2/c1-10-15-9-13(7-11-3-2-6-23(17(11)15)19(10)25)22-18(24)14-5-4-12(20)8-16(14)21/h4-5,7-10H,2-3,6H2,1H3,(H,22,24)/t10-/m1/s1. The van der Waals surface area contributed by atoms with E-state index in [1.165, 1.54) is 0 Å². The van der Waals surface area contributed by atoms with Crippen molar-refractivity contribution in [1.82, 2.24) is 0 Å². The third-order valence-corrected chi connectivity index (χ3v) is 5.40. The summed E-state index contributed by atoms with van der Waals surface area (Å²) in [7, 11) is 0. The number of aryl methyl sites for hydroxylation is 1. The predicted octanol–water partition coefficient (Wildman–Crippen LogP) is 4.64. The normalized spacial score (nSPS) is 18.3. The summed E-state index contributed by atoms with van der Waals surface area (Å²) in [5, 5.41) is 3.69. The highest BCUT2D eigenvalue weighted by Crippen LogP contribution is 2.44. The lowest BCUT2D eigenvalue weighted by Gasteiger charge is -2.26. The third-order valence-electron chi connectivity index (χ3n) is 4.85. The van der Waals surface area contributed by atoms with Gasteiger partial charge in [0.05, 0.1) is 22.2 Å². The minimum absolute atomic E-state index is 0.139. The van der Waals surface area contributed by atoms with E-state index in [1.54, 1.807) is 18.2 Å². The minimum atomic E-state index is -0.293. The molecule has 2 aromatic rings. The second-order valence-electron chi connectivity index (χ2n) is 6.47. The van der Waals surface area contributed by atoms with E-state index in [1.807, 2.05) is 24.0 Å². The largest absolute Gasteiger partial charge is 0.322 e. The number of anilines is 2. The van der Waals surface area contributed by atoms with Crippen LogP contribution in [-0.4, -0.2) is 18.4 Å². The first-order valence-electron chi connectivity index (χ1n) is 8.20. The summed E-state index contributed by atoms with van der Waals surface area (Å²) < 4.78 is 0. The van der Waals surface area contributed by atoms with Crippen molar-refractivity contribution in [2.24, 2.45) is 0 Å². The average Bonchev–Trinajstić information content (AvgIpc) is 2.81. The average molecular weight is 375 g/mol. The Morgan fingerprint density at radius 3 is 2.80 bits per heavy atom. The number of carbonyl (C=O) groups is 2. The van der Waals surface area contributed by atoms with Crippen molar-refractivity contribution in [2.45, 2.75) is 25.7 Å². The van der Waals surface area contributed by atoms with Crippen molar-refractivity contribution in [3.05, 3.63) is 57.1 Å². The highest BCUT2D eigenvalue weighted by molar-refractivity contribution is 6.37. The highest BCUT2D eigenvalue weighted by atomic mass is 35.5. The lowest BCUT2D eigenvalue weighted by Crippen LogP contribution is -2.32. The van der Waals surface area contributed by atoms with E-state index in [0.29, 0.717) is 21.3 Å². The Labute approximate surface area is 155 Å². The molecule has 6 heteroatoms. The third kappa shape index (κ3) is 2.70. The van der Waals surface area contributed by atoms with Gasteiger partial charge in [0.2, 0.25) is 5.91 Å². The molecule has 0 spiro atoms. The van der Waals surface area contributed by atoms with Gasteiger partial charge in [0.15, 0.2) is 0 Å². The first-order chi connectivity index (χ1) is 12.0. The van der Waals surface area contributed by atoms with Crippen molar-refractivity contribution in [1.29, 1.82) is 0 Å². The summed E-state index contributed by atoms with van der Waals surface area (Å²) in [5.41, 5.74) is 4.18. The second kappa shape index (κ2) is 6.04. The Morgan fingerprint density at radius 1 is 1.24 bits per heavy atom. The first kappa shape index (κ1) is 16.4. The van der Waals surface area contributed by atoms with Crippen LogP contribution in [0.25, 0.3) is 0 Å². The number of nitrogens with one attached hydrogen (secondary N) is 1. The molecule has 4 nitrogen and oxygen atoms in total. The van der Waals surface area contributed by atoms with Gasteiger partial charge in [-0.15, -0.1) is 0 Å². The van der Waals surface area contributed by atoms with Crippen LogP contribution >= 0.6 is 23.2 Å². The topological polar surface area (TPSA) is 49.4 Å². The molecule has 0 aliphatic carbocycles. The number of nitrogens with zero attached hydrogens (tertiary/aromatic N) is 1. The maximum atomic E-state index is 12.6. The van der Waals surface area contributed by atoms with E-state index in [0.717, 1.165) is 36.2 Å². The van der Waals surface area contributed by atoms with Gasteiger partial charge in [-0.2, -0.15) is 0 Å². The molecule has 2 heterocycles. The van der Waals surface area contributed by atoms with E-state index in [4.69, 9.17) is 23.2 Å². The van der Waals surface area contributed by atoms with Crippen LogP contribution in [-0.2, 0) is 11.2 Å². The van der Waals surface area contributed by atoms with Gasteiger partial charge in [-0.1, -0.05) is 23.2 Å². The van der Waals surface area contributed by atoms with Gasteiger partial charge in [0.1, 0.15) is 0 Å². The molecule has 1 atom stereocenters. The van der Waals surface area contributed by atoms with E-state index in [2.05, 4.69) is 5.32 Å². The molecule has 0 saturated heterocycles. The fourth-order valence-corrected chi connectivity index (χ4v) is 4.13. The SMILES string of the molecule is C[C@H]1C(=O)N2CCCc3cc(NC(=O)c4ccc(Cl)cc4Cl)cc1c32. The van der Waals surface area contributed by atoms with Crippen LogP contribution in [0.1, 0.15) is 40.7 Å². The van der Waals surface area contributed by atoms with E-state index < -0.39 is 0 Å². The molecule has 0 fully saturated rings. The molecule has 2 aromatic carbocycles. The Hall–Kier alpha value is -2.04. The van der Waals surface area contributed by atoms with Gasteiger partial charge in [0, 0.05) is 17.3 Å². The van der Waals surface area contributed by atoms with Gasteiger partial charge < -0.3 is 10.2 Å². The summed E-state index contributed by atoms with van der Waals surface area (Å²) in [6.07, 6.45) is 1.84. The van der Waals surface area contributed by atoms with Crippen LogP contribution in [0.2, 0.25) is 10.0 Å². The molecule has 128 valence electrons. The lowest BCUT2D eigenvalue weighted by atomic mass is 9.96. The molecular weight excluding hydrogens is 359 g/mol. The fraction of sp³-hybridized carbons (Fsp3) is 0.263. The smallest absolute Gasteiger partial charge is 0.257 e. The zero-order chi connectivity index (χ0) is 17.7. The van der Waals surface area contributed by atoms with Crippen molar-refractivity contribution in [3.8, 4) is 0 Å². The van der Waals surface area contributed by atoms with Crippen LogP contribution in [0.4, 0.5) is 11.4 Å². The molecule has 2 aliphatic rings. The van der Waals surface area contributed by atoms with Crippen molar-refractivity contribution >= 4 is 46.4 Å². The molecule has 0 radical (unpaired) electrons. The zero-order valence-corrected chi connectivity index (χ0v) is 15.1. The van der Waals surface area contributed by atoms with Gasteiger partial charge in [-0.05, 0) is 61.2 Å². The molecule has 2 aliphatic heterocycles. The van der Waals surface area contributed by atoms with Gasteiger partial charge in [-0.3, -0.25) is 9.59 Å². The van der Waals surface area contributed by atoms with Gasteiger partial charge in [-0.25, -0.2) is 0 Å². The maximum absolute atomic E-state index is 12.6. The minimum Gasteiger partial charge on any atom is -0.322 e. The molecular formula is C19H16Cl2N2O2. The predicted molar refractivity (Wildman–Crippen MR) is 99.9 cm³/mol. The summed E-state index contributed by atoms with van der Waals surface area (Å²) >= 11 is 12.0. The van der Waals surface area contributed by atoms with E-state index >= 15 is 0 Å². The zero-order valence-electron chi connectivity index (χ0n) is 13.6. The number of rotatable bonds is 2. The molecule has 1 N–H and O–H groups in total. The molecule has 0 unspecified atom stereocenters. The first-order valence-corrected chi connectivity index (χ1v) is 8.96. The van der Waals surface area contributed by atoms with Crippen LogP contribution in [0.5, 0.6) is 0 Å². The monoisotopic (exact) mass is 374 g/mol. The van der Waals surface area contributed by atoms with Crippen LogP contribution < -0.4 is 10.2 Å². The molecule has 0 saturated carbocycles. The molecule has 2 amide bonds. The van der Waals surface area contributed by atoms with Crippen LogP contribution in [0.15, 0.2) is 30.3 Å². The van der Waals surface area contributed by atoms with Gasteiger partial charge in [0.25, 0.3) is 5.91 Å². The summed E-state index contributed by atoms with van der Waals surface area (Å²) in [4.78, 5) is 26.8. The van der Waals surface area contributed by atoms with Crippen molar-refractivity contribution in [2.75, 3.05) is 16.8 Å². The van der Waals surface area contributed by atoms with Gasteiger partial charge >= 0.3 is 0 Å². The molecule has 25 heavy (non-hydrogen) atoms. The quantitative estimate of drug-likeness (QED) is 0.831. The molecule has 4 rings (SSSR count). The second-order valence-corrected chi connectivity index (χ2v) is 7.31. The van der Waals surface area contributed by atoms with E-state index in [9.17, 15) is 9.59 Å². The Balaban J connectivity index is 1.69. The fourth-order valence-electron chi connectivity index (χ4n) is 3.64. The Kier molecular flexibility index (Phi) is 3.97. The van der Waals surface area contributed by atoms with Crippen molar-refractivity contribution in [3.63, 3.8) is 0 Å². The lowest BCUT2D eigenvalue weighted by molar-refractivity contribution is -0.119. The number of halogens is 2. The number of hydrogen-bond acceptors (Lipinski definition) is 2. The number of amides is 2. The van der Waals surface area contributed by atoms with Crippen molar-refractivity contribution < 1.29 is 9.59 Å². The number of benzene rings is 2. The summed E-state index contributed by atoms with van der Waals surface area (Å²) in [6.45, 7) is 2.69.